The normalized spacial score (nSPS) is 20.0. The van der Waals surface area contributed by atoms with Gasteiger partial charge in [-0.2, -0.15) is 0 Å². The summed E-state index contributed by atoms with van der Waals surface area (Å²) in [6.07, 6.45) is 1.12. The maximum absolute atomic E-state index is 11.7. The second kappa shape index (κ2) is 7.65. The molecule has 0 spiro atoms. The Morgan fingerprint density at radius 1 is 1.03 bits per heavy atom. The SMILES string of the molecule is Cc1cc2c(c3ccc(=O)[nH]c13)OC(CN1CCN(Cc3ccccc3)CC1)C2. The van der Waals surface area contributed by atoms with Gasteiger partial charge in [0.05, 0.1) is 5.52 Å². The number of nitrogens with one attached hydrogen (secondary N) is 1. The van der Waals surface area contributed by atoms with Gasteiger partial charge in [-0.05, 0) is 29.7 Å². The van der Waals surface area contributed by atoms with Gasteiger partial charge in [0.25, 0.3) is 0 Å². The van der Waals surface area contributed by atoms with E-state index >= 15 is 0 Å². The average molecular weight is 389 g/mol. The molecule has 1 N–H and O–H groups in total. The molecule has 5 nitrogen and oxygen atoms in total. The van der Waals surface area contributed by atoms with Crippen LogP contribution in [-0.4, -0.2) is 53.6 Å². The van der Waals surface area contributed by atoms with Gasteiger partial charge in [-0.1, -0.05) is 36.4 Å². The lowest BCUT2D eigenvalue weighted by Crippen LogP contribution is -2.48. The summed E-state index contributed by atoms with van der Waals surface area (Å²) in [7, 11) is 0. The summed E-state index contributed by atoms with van der Waals surface area (Å²) >= 11 is 0. The molecule has 0 aliphatic carbocycles. The fourth-order valence-electron chi connectivity index (χ4n) is 4.65. The molecule has 1 fully saturated rings. The van der Waals surface area contributed by atoms with Crippen molar-refractivity contribution in [2.45, 2.75) is 26.0 Å². The van der Waals surface area contributed by atoms with E-state index in [-0.39, 0.29) is 11.7 Å². The van der Waals surface area contributed by atoms with Crippen LogP contribution >= 0.6 is 0 Å². The van der Waals surface area contributed by atoms with Gasteiger partial charge in [-0.3, -0.25) is 14.6 Å². The number of nitrogens with zero attached hydrogens (tertiary/aromatic N) is 2. The number of hydrogen-bond donors (Lipinski definition) is 1. The van der Waals surface area contributed by atoms with Crippen LogP contribution in [0.2, 0.25) is 0 Å². The summed E-state index contributed by atoms with van der Waals surface area (Å²) in [4.78, 5) is 19.7. The number of fused-ring (bicyclic) bond motifs is 3. The van der Waals surface area contributed by atoms with E-state index in [0.29, 0.717) is 0 Å². The van der Waals surface area contributed by atoms with Crippen LogP contribution in [0.5, 0.6) is 5.75 Å². The fourth-order valence-corrected chi connectivity index (χ4v) is 4.65. The molecule has 0 amide bonds. The van der Waals surface area contributed by atoms with Crippen molar-refractivity contribution in [1.82, 2.24) is 14.8 Å². The molecule has 5 rings (SSSR count). The molecule has 3 heterocycles. The molecule has 1 atom stereocenters. The lowest BCUT2D eigenvalue weighted by atomic mass is 10.0. The highest BCUT2D eigenvalue weighted by Crippen LogP contribution is 2.37. The van der Waals surface area contributed by atoms with E-state index in [9.17, 15) is 4.79 Å². The number of aromatic nitrogens is 1. The number of aromatic amines is 1. The summed E-state index contributed by atoms with van der Waals surface area (Å²) in [5.74, 6) is 0.953. The first-order valence-corrected chi connectivity index (χ1v) is 10.5. The smallest absolute Gasteiger partial charge is 0.248 e. The molecule has 29 heavy (non-hydrogen) atoms. The monoisotopic (exact) mass is 389 g/mol. The van der Waals surface area contributed by atoms with E-state index in [1.54, 1.807) is 6.07 Å². The van der Waals surface area contributed by atoms with Crippen molar-refractivity contribution < 1.29 is 4.74 Å². The van der Waals surface area contributed by atoms with E-state index in [1.165, 1.54) is 11.1 Å². The van der Waals surface area contributed by atoms with Crippen LogP contribution in [-0.2, 0) is 13.0 Å². The Bertz CT molecular complexity index is 1070. The third-order valence-corrected chi connectivity index (χ3v) is 6.15. The van der Waals surface area contributed by atoms with Crippen LogP contribution in [0.1, 0.15) is 16.7 Å². The first-order valence-electron chi connectivity index (χ1n) is 10.5. The summed E-state index contributed by atoms with van der Waals surface area (Å²) in [6.45, 7) is 8.39. The van der Waals surface area contributed by atoms with Gasteiger partial charge in [0, 0.05) is 57.1 Å². The van der Waals surface area contributed by atoms with E-state index in [1.807, 2.05) is 6.07 Å². The van der Waals surface area contributed by atoms with E-state index in [2.05, 4.69) is 58.1 Å². The van der Waals surface area contributed by atoms with Gasteiger partial charge in [-0.15, -0.1) is 0 Å². The zero-order valence-corrected chi connectivity index (χ0v) is 16.9. The first-order chi connectivity index (χ1) is 14.2. The number of pyridine rings is 1. The summed E-state index contributed by atoms with van der Waals surface area (Å²) in [5.41, 5.74) is 4.58. The number of hydrogen-bond acceptors (Lipinski definition) is 4. The number of rotatable bonds is 4. The van der Waals surface area contributed by atoms with Crippen molar-refractivity contribution in [3.8, 4) is 5.75 Å². The number of ether oxygens (including phenoxy) is 1. The largest absolute Gasteiger partial charge is 0.488 e. The van der Waals surface area contributed by atoms with E-state index in [4.69, 9.17) is 4.74 Å². The topological polar surface area (TPSA) is 48.6 Å². The van der Waals surface area contributed by atoms with Crippen LogP contribution in [0.4, 0.5) is 0 Å². The van der Waals surface area contributed by atoms with Crippen molar-refractivity contribution >= 4 is 10.9 Å². The van der Waals surface area contributed by atoms with Crippen molar-refractivity contribution in [1.29, 1.82) is 0 Å². The highest BCUT2D eigenvalue weighted by atomic mass is 16.5. The Morgan fingerprint density at radius 2 is 1.79 bits per heavy atom. The molecular formula is C24H27N3O2. The number of piperazine rings is 1. The van der Waals surface area contributed by atoms with Crippen LogP contribution in [0.15, 0.2) is 53.3 Å². The number of benzene rings is 2. The van der Waals surface area contributed by atoms with E-state index < -0.39 is 0 Å². The maximum Gasteiger partial charge on any atom is 0.248 e. The summed E-state index contributed by atoms with van der Waals surface area (Å²) < 4.78 is 6.36. The molecule has 0 bridgehead atoms. The fraction of sp³-hybridized carbons (Fsp3) is 0.375. The number of H-pyrrole nitrogens is 1. The zero-order valence-electron chi connectivity index (χ0n) is 16.9. The second-order valence-electron chi connectivity index (χ2n) is 8.30. The Labute approximate surface area is 170 Å². The van der Waals surface area contributed by atoms with Crippen LogP contribution in [0, 0.1) is 6.92 Å². The second-order valence-corrected chi connectivity index (χ2v) is 8.30. The van der Waals surface area contributed by atoms with Crippen molar-refractivity contribution in [2.24, 2.45) is 0 Å². The molecule has 0 saturated carbocycles. The van der Waals surface area contributed by atoms with Gasteiger partial charge >= 0.3 is 0 Å². The van der Waals surface area contributed by atoms with Gasteiger partial charge < -0.3 is 9.72 Å². The quantitative estimate of drug-likeness (QED) is 0.745. The van der Waals surface area contributed by atoms with Crippen LogP contribution in [0.25, 0.3) is 10.9 Å². The molecule has 3 aromatic rings. The number of aryl methyl sites for hydroxylation is 1. The Kier molecular flexibility index (Phi) is 4.86. The summed E-state index contributed by atoms with van der Waals surface area (Å²) in [6, 6.07) is 16.4. The molecule has 2 aliphatic heterocycles. The molecule has 0 radical (unpaired) electrons. The zero-order chi connectivity index (χ0) is 19.8. The predicted molar refractivity (Wildman–Crippen MR) is 116 cm³/mol. The van der Waals surface area contributed by atoms with Gasteiger partial charge in [0.15, 0.2) is 0 Å². The molecule has 2 aromatic carbocycles. The van der Waals surface area contributed by atoms with Gasteiger partial charge in [-0.25, -0.2) is 0 Å². The minimum Gasteiger partial charge on any atom is -0.488 e. The third kappa shape index (κ3) is 3.80. The van der Waals surface area contributed by atoms with Crippen LogP contribution in [0.3, 0.4) is 0 Å². The van der Waals surface area contributed by atoms with Gasteiger partial charge in [0.2, 0.25) is 5.56 Å². The van der Waals surface area contributed by atoms with Crippen molar-refractivity contribution in [3.05, 3.63) is 75.6 Å². The Balaban J connectivity index is 1.21. The first kappa shape index (κ1) is 18.4. The van der Waals surface area contributed by atoms with E-state index in [0.717, 1.165) is 67.9 Å². The van der Waals surface area contributed by atoms with Crippen LogP contribution < -0.4 is 10.3 Å². The minimum atomic E-state index is -0.0662. The molecular weight excluding hydrogens is 362 g/mol. The third-order valence-electron chi connectivity index (χ3n) is 6.15. The molecule has 1 saturated heterocycles. The highest BCUT2D eigenvalue weighted by molar-refractivity contribution is 5.89. The molecule has 2 aliphatic rings. The lowest BCUT2D eigenvalue weighted by Gasteiger charge is -2.35. The van der Waals surface area contributed by atoms with Crippen molar-refractivity contribution in [2.75, 3.05) is 32.7 Å². The molecule has 5 heteroatoms. The Hall–Kier alpha value is -2.63. The van der Waals surface area contributed by atoms with Crippen molar-refractivity contribution in [3.63, 3.8) is 0 Å². The maximum atomic E-state index is 11.7. The molecule has 150 valence electrons. The predicted octanol–water partition coefficient (Wildman–Crippen LogP) is 2.96. The minimum absolute atomic E-state index is 0.0662. The molecule has 1 aromatic heterocycles. The average Bonchev–Trinajstić information content (AvgIpc) is 3.12. The Morgan fingerprint density at radius 3 is 2.59 bits per heavy atom. The van der Waals surface area contributed by atoms with Gasteiger partial charge in [0.1, 0.15) is 11.9 Å². The standard InChI is InChI=1S/C24H27N3O2/c1-17-13-19-14-20(29-24(19)21-7-8-22(28)25-23(17)21)16-27-11-9-26(10-12-27)15-18-5-3-2-4-6-18/h2-8,13,20H,9-12,14-16H2,1H3,(H,25,28). The lowest BCUT2D eigenvalue weighted by molar-refractivity contribution is 0.0894. The highest BCUT2D eigenvalue weighted by Gasteiger charge is 2.28. The molecule has 1 unspecified atom stereocenters. The summed E-state index contributed by atoms with van der Waals surface area (Å²) in [5, 5.41) is 1.02.